The molecule has 16 heavy (non-hydrogen) atoms. The molecule has 1 unspecified atom stereocenters. The van der Waals surface area contributed by atoms with E-state index < -0.39 is 0 Å². The van der Waals surface area contributed by atoms with Gasteiger partial charge in [0.05, 0.1) is 12.5 Å². The Hall–Kier alpha value is -0.530. The summed E-state index contributed by atoms with van der Waals surface area (Å²) in [6.07, 6.45) is 9.25. The van der Waals surface area contributed by atoms with Crippen molar-refractivity contribution in [2.24, 2.45) is 11.8 Å². The monoisotopic (exact) mass is 226 g/mol. The largest absolute Gasteiger partial charge is 0.465 e. The van der Waals surface area contributed by atoms with Crippen LogP contribution in [-0.4, -0.2) is 12.6 Å². The van der Waals surface area contributed by atoms with Crippen molar-refractivity contribution in [1.29, 1.82) is 0 Å². The Morgan fingerprint density at radius 1 is 1.25 bits per heavy atom. The van der Waals surface area contributed by atoms with Crippen molar-refractivity contribution >= 4 is 5.97 Å². The highest BCUT2D eigenvalue weighted by atomic mass is 16.5. The van der Waals surface area contributed by atoms with Gasteiger partial charge in [-0.3, -0.25) is 4.79 Å². The van der Waals surface area contributed by atoms with Crippen LogP contribution in [0, 0.1) is 11.8 Å². The van der Waals surface area contributed by atoms with Crippen molar-refractivity contribution in [3.8, 4) is 0 Å². The molecule has 0 aliphatic heterocycles. The number of esters is 1. The molecule has 0 spiro atoms. The minimum Gasteiger partial charge on any atom is -0.465 e. The summed E-state index contributed by atoms with van der Waals surface area (Å²) in [5.41, 5.74) is 0. The van der Waals surface area contributed by atoms with E-state index >= 15 is 0 Å². The summed E-state index contributed by atoms with van der Waals surface area (Å²) in [5, 5.41) is 0. The zero-order valence-corrected chi connectivity index (χ0v) is 10.8. The summed E-state index contributed by atoms with van der Waals surface area (Å²) >= 11 is 0. The molecule has 1 rings (SSSR count). The Morgan fingerprint density at radius 2 is 1.94 bits per heavy atom. The molecule has 0 saturated heterocycles. The molecule has 1 atom stereocenters. The standard InChI is InChI=1S/C14H26O2/c1-3-8-12(4-2)11-16-14(15)13-9-6-5-7-10-13/h12-13H,3-11H2,1-2H3. The fourth-order valence-corrected chi connectivity index (χ4v) is 2.47. The van der Waals surface area contributed by atoms with Crippen molar-refractivity contribution < 1.29 is 9.53 Å². The molecular weight excluding hydrogens is 200 g/mol. The topological polar surface area (TPSA) is 26.3 Å². The summed E-state index contributed by atoms with van der Waals surface area (Å²) < 4.78 is 5.45. The molecule has 0 radical (unpaired) electrons. The fourth-order valence-electron chi connectivity index (χ4n) is 2.47. The molecule has 0 bridgehead atoms. The van der Waals surface area contributed by atoms with Crippen molar-refractivity contribution in [2.45, 2.75) is 65.2 Å². The number of hydrogen-bond donors (Lipinski definition) is 0. The van der Waals surface area contributed by atoms with Gasteiger partial charge >= 0.3 is 5.97 Å². The first-order chi connectivity index (χ1) is 7.77. The van der Waals surface area contributed by atoms with Crippen LogP contribution in [0.1, 0.15) is 65.2 Å². The van der Waals surface area contributed by atoms with Crippen LogP contribution >= 0.6 is 0 Å². The minimum absolute atomic E-state index is 0.0641. The SMILES string of the molecule is CCCC(CC)COC(=O)C1CCCCC1. The van der Waals surface area contributed by atoms with E-state index in [1.165, 1.54) is 32.1 Å². The maximum absolute atomic E-state index is 11.8. The Morgan fingerprint density at radius 3 is 2.50 bits per heavy atom. The quantitative estimate of drug-likeness (QED) is 0.641. The lowest BCUT2D eigenvalue weighted by molar-refractivity contribution is -0.151. The predicted octanol–water partition coefficient (Wildman–Crippen LogP) is 3.94. The molecule has 0 heterocycles. The normalized spacial score (nSPS) is 19.4. The molecule has 1 aliphatic rings. The molecule has 0 amide bonds. The molecule has 0 aromatic heterocycles. The van der Waals surface area contributed by atoms with Crippen LogP contribution in [0.25, 0.3) is 0 Å². The van der Waals surface area contributed by atoms with Crippen molar-refractivity contribution in [3.05, 3.63) is 0 Å². The molecule has 1 fully saturated rings. The summed E-state index contributed by atoms with van der Waals surface area (Å²) in [4.78, 5) is 11.8. The summed E-state index contributed by atoms with van der Waals surface area (Å²) in [7, 11) is 0. The Kier molecular flexibility index (Phi) is 6.51. The van der Waals surface area contributed by atoms with Crippen LogP contribution in [0.15, 0.2) is 0 Å². The first kappa shape index (κ1) is 13.5. The average molecular weight is 226 g/mol. The number of hydrogen-bond acceptors (Lipinski definition) is 2. The van der Waals surface area contributed by atoms with Crippen LogP contribution < -0.4 is 0 Å². The molecule has 1 aliphatic carbocycles. The van der Waals surface area contributed by atoms with E-state index in [1.54, 1.807) is 0 Å². The van der Waals surface area contributed by atoms with Crippen molar-refractivity contribution in [3.63, 3.8) is 0 Å². The van der Waals surface area contributed by atoms with E-state index in [-0.39, 0.29) is 11.9 Å². The van der Waals surface area contributed by atoms with E-state index in [0.29, 0.717) is 12.5 Å². The molecule has 94 valence electrons. The highest BCUT2D eigenvalue weighted by Gasteiger charge is 2.22. The second-order valence-corrected chi connectivity index (χ2v) is 5.03. The molecular formula is C14H26O2. The van der Waals surface area contributed by atoms with Crippen molar-refractivity contribution in [1.82, 2.24) is 0 Å². The van der Waals surface area contributed by atoms with Crippen LogP contribution in [0.3, 0.4) is 0 Å². The minimum atomic E-state index is 0.0641. The first-order valence-corrected chi connectivity index (χ1v) is 6.94. The van der Waals surface area contributed by atoms with Gasteiger partial charge in [0.25, 0.3) is 0 Å². The smallest absolute Gasteiger partial charge is 0.308 e. The van der Waals surface area contributed by atoms with Gasteiger partial charge in [0.1, 0.15) is 0 Å². The second kappa shape index (κ2) is 7.70. The van der Waals surface area contributed by atoms with Gasteiger partial charge in [-0.25, -0.2) is 0 Å². The van der Waals surface area contributed by atoms with Gasteiger partial charge in [-0.15, -0.1) is 0 Å². The summed E-state index contributed by atoms with van der Waals surface area (Å²) in [6, 6.07) is 0. The Balaban J connectivity index is 2.22. The zero-order chi connectivity index (χ0) is 11.8. The van der Waals surface area contributed by atoms with E-state index in [2.05, 4.69) is 13.8 Å². The lowest BCUT2D eigenvalue weighted by atomic mass is 9.89. The third-order valence-corrected chi connectivity index (χ3v) is 3.67. The number of carbonyl (C=O) groups excluding carboxylic acids is 1. The van der Waals surface area contributed by atoms with E-state index in [0.717, 1.165) is 19.3 Å². The Labute approximate surface area is 99.8 Å². The lowest BCUT2D eigenvalue weighted by Gasteiger charge is -2.21. The zero-order valence-electron chi connectivity index (χ0n) is 10.8. The van der Waals surface area contributed by atoms with Gasteiger partial charge in [0.15, 0.2) is 0 Å². The van der Waals surface area contributed by atoms with E-state index in [1.807, 2.05) is 0 Å². The third-order valence-electron chi connectivity index (χ3n) is 3.67. The van der Waals surface area contributed by atoms with Crippen LogP contribution in [0.2, 0.25) is 0 Å². The summed E-state index contributed by atoms with van der Waals surface area (Å²) in [5.74, 6) is 0.833. The maximum atomic E-state index is 11.8. The van der Waals surface area contributed by atoms with Gasteiger partial charge in [-0.05, 0) is 25.2 Å². The van der Waals surface area contributed by atoms with Crippen LogP contribution in [0.4, 0.5) is 0 Å². The molecule has 0 N–H and O–H groups in total. The van der Waals surface area contributed by atoms with Gasteiger partial charge in [-0.1, -0.05) is 46.0 Å². The van der Waals surface area contributed by atoms with Gasteiger partial charge < -0.3 is 4.74 Å². The van der Waals surface area contributed by atoms with E-state index in [9.17, 15) is 4.79 Å². The summed E-state index contributed by atoms with van der Waals surface area (Å²) in [6.45, 7) is 5.00. The third kappa shape index (κ3) is 4.54. The fraction of sp³-hybridized carbons (Fsp3) is 0.929. The lowest BCUT2D eigenvalue weighted by Crippen LogP contribution is -2.23. The predicted molar refractivity (Wildman–Crippen MR) is 66.2 cm³/mol. The number of carbonyl (C=O) groups is 1. The van der Waals surface area contributed by atoms with Crippen LogP contribution in [0.5, 0.6) is 0 Å². The Bertz CT molecular complexity index is 195. The molecule has 2 nitrogen and oxygen atoms in total. The van der Waals surface area contributed by atoms with Crippen molar-refractivity contribution in [2.75, 3.05) is 6.61 Å². The molecule has 2 heteroatoms. The first-order valence-electron chi connectivity index (χ1n) is 6.94. The molecule has 1 saturated carbocycles. The molecule has 0 aromatic rings. The average Bonchev–Trinajstić information content (AvgIpc) is 2.35. The van der Waals surface area contributed by atoms with Gasteiger partial charge in [0, 0.05) is 0 Å². The second-order valence-electron chi connectivity index (χ2n) is 5.03. The highest BCUT2D eigenvalue weighted by Crippen LogP contribution is 2.25. The van der Waals surface area contributed by atoms with Gasteiger partial charge in [-0.2, -0.15) is 0 Å². The van der Waals surface area contributed by atoms with Gasteiger partial charge in [0.2, 0.25) is 0 Å². The highest BCUT2D eigenvalue weighted by molar-refractivity contribution is 5.72. The number of ether oxygens (including phenoxy) is 1. The molecule has 0 aromatic carbocycles. The van der Waals surface area contributed by atoms with Crippen LogP contribution in [-0.2, 0) is 9.53 Å². The number of rotatable bonds is 6. The van der Waals surface area contributed by atoms with E-state index in [4.69, 9.17) is 4.74 Å². The maximum Gasteiger partial charge on any atom is 0.308 e.